The van der Waals surface area contributed by atoms with Gasteiger partial charge in [-0.3, -0.25) is 14.4 Å². The molecule has 0 spiro atoms. The Hall–Kier alpha value is -2.67. The van der Waals surface area contributed by atoms with Crippen molar-refractivity contribution in [2.24, 2.45) is 11.7 Å². The molecule has 2 aliphatic rings. The summed E-state index contributed by atoms with van der Waals surface area (Å²) in [6.45, 7) is 1.79. The number of benzene rings is 1. The molecule has 0 unspecified atom stereocenters. The molecule has 0 radical (unpaired) electrons. The molecular formula is C22H24N2O4S. The molecule has 0 aliphatic heterocycles. The van der Waals surface area contributed by atoms with Gasteiger partial charge in [0, 0.05) is 4.88 Å². The minimum atomic E-state index is -0.627. The van der Waals surface area contributed by atoms with Gasteiger partial charge in [-0.2, -0.15) is 0 Å². The fourth-order valence-corrected chi connectivity index (χ4v) is 5.46. The summed E-state index contributed by atoms with van der Waals surface area (Å²) in [5.74, 6) is -0.839. The lowest BCUT2D eigenvalue weighted by molar-refractivity contribution is -0.150. The zero-order chi connectivity index (χ0) is 20.6. The maximum absolute atomic E-state index is 12.6. The van der Waals surface area contributed by atoms with Crippen LogP contribution in [0.4, 0.5) is 5.00 Å². The first-order chi connectivity index (χ1) is 13.9. The first-order valence-electron chi connectivity index (χ1n) is 9.87. The number of nitrogens with one attached hydrogen (secondary N) is 1. The van der Waals surface area contributed by atoms with E-state index in [9.17, 15) is 14.4 Å². The lowest BCUT2D eigenvalue weighted by Gasteiger charge is -2.18. The highest BCUT2D eigenvalue weighted by Crippen LogP contribution is 2.49. The summed E-state index contributed by atoms with van der Waals surface area (Å²) < 4.78 is 5.31. The Morgan fingerprint density at radius 1 is 1.24 bits per heavy atom. The van der Waals surface area contributed by atoms with E-state index in [1.165, 1.54) is 11.3 Å². The highest BCUT2D eigenvalue weighted by Gasteiger charge is 2.52. The van der Waals surface area contributed by atoms with Crippen LogP contribution in [0.25, 0.3) is 0 Å². The molecule has 2 aromatic rings. The van der Waals surface area contributed by atoms with Gasteiger partial charge in [-0.05, 0) is 49.1 Å². The summed E-state index contributed by atoms with van der Waals surface area (Å²) in [7, 11) is 0. The SMILES string of the molecule is C[C@H]1CCc2c(sc(NC(=O)COC(=O)C3(c4ccccc4)CC3)c2C(N)=O)C1. The number of fused-ring (bicyclic) bond motifs is 1. The molecule has 1 fully saturated rings. The standard InChI is InChI=1S/C22H24N2O4S/c1-13-7-8-15-16(11-13)29-20(18(15)19(23)26)24-17(25)12-28-21(27)22(9-10-22)14-5-3-2-4-6-14/h2-6,13H,7-12H2,1H3,(H2,23,26)(H,24,25)/t13-/m0/s1. The van der Waals surface area contributed by atoms with Crippen LogP contribution in [0, 0.1) is 5.92 Å². The number of primary amides is 1. The topological polar surface area (TPSA) is 98.5 Å². The number of hydrogen-bond acceptors (Lipinski definition) is 5. The van der Waals surface area contributed by atoms with Crippen LogP contribution in [0.5, 0.6) is 0 Å². The van der Waals surface area contributed by atoms with Crippen molar-refractivity contribution in [3.8, 4) is 0 Å². The van der Waals surface area contributed by atoms with Gasteiger partial charge in [0.2, 0.25) is 0 Å². The maximum atomic E-state index is 12.6. The Kier molecular flexibility index (Phi) is 5.17. The third-order valence-corrected chi connectivity index (χ3v) is 6.98. The van der Waals surface area contributed by atoms with Crippen molar-refractivity contribution in [3.05, 3.63) is 51.9 Å². The quantitative estimate of drug-likeness (QED) is 0.712. The van der Waals surface area contributed by atoms with E-state index in [0.717, 1.165) is 48.1 Å². The molecule has 1 aromatic heterocycles. The number of carbonyl (C=O) groups excluding carboxylic acids is 3. The van der Waals surface area contributed by atoms with E-state index in [1.807, 2.05) is 30.3 Å². The number of amides is 2. The van der Waals surface area contributed by atoms with Crippen LogP contribution in [0.2, 0.25) is 0 Å². The number of carbonyl (C=O) groups is 3. The molecule has 1 heterocycles. The van der Waals surface area contributed by atoms with Crippen LogP contribution in [0.1, 0.15) is 52.5 Å². The largest absolute Gasteiger partial charge is 0.455 e. The van der Waals surface area contributed by atoms with E-state index in [1.54, 1.807) is 0 Å². The molecule has 0 bridgehead atoms. The van der Waals surface area contributed by atoms with Crippen LogP contribution in [-0.4, -0.2) is 24.4 Å². The van der Waals surface area contributed by atoms with Gasteiger partial charge in [0.25, 0.3) is 11.8 Å². The second kappa shape index (κ2) is 7.63. The van der Waals surface area contributed by atoms with E-state index < -0.39 is 17.2 Å². The average Bonchev–Trinajstić information content (AvgIpc) is 3.43. The minimum absolute atomic E-state index is 0.381. The zero-order valence-electron chi connectivity index (χ0n) is 16.3. The van der Waals surface area contributed by atoms with E-state index >= 15 is 0 Å². The lowest BCUT2D eigenvalue weighted by Crippen LogP contribution is -2.28. The Bertz CT molecular complexity index is 963. The van der Waals surface area contributed by atoms with E-state index in [-0.39, 0.29) is 12.6 Å². The van der Waals surface area contributed by atoms with E-state index in [0.29, 0.717) is 16.5 Å². The molecule has 6 nitrogen and oxygen atoms in total. The van der Waals surface area contributed by atoms with Crippen LogP contribution in [-0.2, 0) is 32.6 Å². The fourth-order valence-electron chi connectivity index (χ4n) is 4.02. The van der Waals surface area contributed by atoms with Gasteiger partial charge < -0.3 is 15.8 Å². The normalized spacial score (nSPS) is 19.1. The number of ether oxygens (including phenoxy) is 1. The van der Waals surface area contributed by atoms with Gasteiger partial charge in [0.1, 0.15) is 5.00 Å². The summed E-state index contributed by atoms with van der Waals surface area (Å²) in [5.41, 5.74) is 7.22. The van der Waals surface area contributed by atoms with E-state index in [4.69, 9.17) is 10.5 Å². The lowest BCUT2D eigenvalue weighted by atomic mass is 9.88. The predicted molar refractivity (Wildman–Crippen MR) is 111 cm³/mol. The summed E-state index contributed by atoms with van der Waals surface area (Å²) in [6.07, 6.45) is 4.11. The summed E-state index contributed by atoms with van der Waals surface area (Å²) >= 11 is 1.40. The van der Waals surface area contributed by atoms with Crippen LogP contribution < -0.4 is 11.1 Å². The molecule has 7 heteroatoms. The molecule has 29 heavy (non-hydrogen) atoms. The summed E-state index contributed by atoms with van der Waals surface area (Å²) in [4.78, 5) is 38.1. The maximum Gasteiger partial charge on any atom is 0.317 e. The third-order valence-electron chi connectivity index (χ3n) is 5.81. The second-order valence-electron chi connectivity index (χ2n) is 7.99. The first kappa shape index (κ1) is 19.6. The third kappa shape index (κ3) is 3.79. The number of rotatable bonds is 6. The van der Waals surface area contributed by atoms with Crippen molar-refractivity contribution in [1.29, 1.82) is 0 Å². The zero-order valence-corrected chi connectivity index (χ0v) is 17.1. The number of anilines is 1. The van der Waals surface area contributed by atoms with Gasteiger partial charge in [-0.15, -0.1) is 11.3 Å². The molecule has 2 amide bonds. The molecule has 3 N–H and O–H groups in total. The number of esters is 1. The van der Waals surface area contributed by atoms with Gasteiger partial charge in [-0.25, -0.2) is 0 Å². The van der Waals surface area contributed by atoms with Gasteiger partial charge >= 0.3 is 5.97 Å². The predicted octanol–water partition coefficient (Wildman–Crippen LogP) is 3.19. The smallest absolute Gasteiger partial charge is 0.317 e. The van der Waals surface area contributed by atoms with Crippen molar-refractivity contribution >= 4 is 34.1 Å². The molecule has 152 valence electrons. The van der Waals surface area contributed by atoms with Gasteiger partial charge in [0.05, 0.1) is 11.0 Å². The minimum Gasteiger partial charge on any atom is -0.455 e. The fraction of sp³-hybridized carbons (Fsp3) is 0.409. The monoisotopic (exact) mass is 412 g/mol. The molecule has 2 aliphatic carbocycles. The van der Waals surface area contributed by atoms with Crippen molar-refractivity contribution in [1.82, 2.24) is 0 Å². The van der Waals surface area contributed by atoms with Crippen LogP contribution >= 0.6 is 11.3 Å². The molecule has 1 atom stereocenters. The van der Waals surface area contributed by atoms with Crippen LogP contribution in [0.15, 0.2) is 30.3 Å². The van der Waals surface area contributed by atoms with Gasteiger partial charge in [0.15, 0.2) is 6.61 Å². The van der Waals surface area contributed by atoms with Crippen molar-refractivity contribution in [2.45, 2.75) is 44.4 Å². The molecule has 1 aromatic carbocycles. The Balaban J connectivity index is 1.42. The Morgan fingerprint density at radius 2 is 1.97 bits per heavy atom. The number of hydrogen-bond donors (Lipinski definition) is 2. The highest BCUT2D eigenvalue weighted by atomic mass is 32.1. The molecule has 0 saturated heterocycles. The molecular weight excluding hydrogens is 388 g/mol. The number of nitrogens with two attached hydrogens (primary N) is 1. The summed E-state index contributed by atoms with van der Waals surface area (Å²) in [6, 6.07) is 9.49. The summed E-state index contributed by atoms with van der Waals surface area (Å²) in [5, 5.41) is 3.19. The highest BCUT2D eigenvalue weighted by molar-refractivity contribution is 7.17. The molecule has 4 rings (SSSR count). The van der Waals surface area contributed by atoms with E-state index in [2.05, 4.69) is 12.2 Å². The second-order valence-corrected chi connectivity index (χ2v) is 9.10. The Morgan fingerprint density at radius 3 is 2.62 bits per heavy atom. The van der Waals surface area contributed by atoms with Gasteiger partial charge in [-0.1, -0.05) is 37.3 Å². The number of thiophene rings is 1. The van der Waals surface area contributed by atoms with Crippen molar-refractivity contribution in [3.63, 3.8) is 0 Å². The van der Waals surface area contributed by atoms with Crippen LogP contribution in [0.3, 0.4) is 0 Å². The molecule has 1 saturated carbocycles. The average molecular weight is 413 g/mol. The van der Waals surface area contributed by atoms with Crippen molar-refractivity contribution in [2.75, 3.05) is 11.9 Å². The first-order valence-corrected chi connectivity index (χ1v) is 10.7. The Labute approximate surface area is 173 Å². The van der Waals surface area contributed by atoms with Crippen molar-refractivity contribution < 1.29 is 19.1 Å².